The van der Waals surface area contributed by atoms with E-state index in [1.54, 1.807) is 37.4 Å². The molecular formula is C19H14N2O4. The van der Waals surface area contributed by atoms with Crippen LogP contribution in [0.1, 0.15) is 10.6 Å². The van der Waals surface area contributed by atoms with Crippen molar-refractivity contribution in [3.8, 4) is 17.2 Å². The number of nitrogens with zero attached hydrogens (tertiary/aromatic N) is 1. The molecule has 4 rings (SSSR count). The maximum atomic E-state index is 12.0. The Balaban J connectivity index is 1.61. The van der Waals surface area contributed by atoms with E-state index in [4.69, 9.17) is 13.6 Å². The van der Waals surface area contributed by atoms with Crippen LogP contribution in [-0.4, -0.2) is 18.0 Å². The minimum Gasteiger partial charge on any atom is -0.497 e. The van der Waals surface area contributed by atoms with Gasteiger partial charge >= 0.3 is 0 Å². The third kappa shape index (κ3) is 2.97. The lowest BCUT2D eigenvalue weighted by Gasteiger charge is -2.02. The maximum absolute atomic E-state index is 12.0. The van der Waals surface area contributed by atoms with E-state index in [2.05, 4.69) is 10.3 Å². The van der Waals surface area contributed by atoms with Gasteiger partial charge in [0.25, 0.3) is 5.91 Å². The molecule has 124 valence electrons. The topological polar surface area (TPSA) is 77.5 Å². The van der Waals surface area contributed by atoms with Crippen LogP contribution in [0.3, 0.4) is 0 Å². The van der Waals surface area contributed by atoms with E-state index in [9.17, 15) is 4.79 Å². The van der Waals surface area contributed by atoms with Gasteiger partial charge in [-0.3, -0.25) is 4.79 Å². The van der Waals surface area contributed by atoms with Crippen LogP contribution in [0.2, 0.25) is 0 Å². The third-order valence-corrected chi connectivity index (χ3v) is 3.73. The molecule has 6 nitrogen and oxygen atoms in total. The molecule has 0 atom stereocenters. The van der Waals surface area contributed by atoms with Crippen LogP contribution >= 0.6 is 0 Å². The zero-order valence-corrected chi connectivity index (χ0v) is 13.4. The molecule has 0 unspecified atom stereocenters. The highest BCUT2D eigenvalue weighted by atomic mass is 16.5. The number of rotatable bonds is 4. The number of hydrogen-bond acceptors (Lipinski definition) is 5. The number of furan rings is 1. The lowest BCUT2D eigenvalue weighted by Crippen LogP contribution is -2.10. The average Bonchev–Trinajstić information content (AvgIpc) is 3.31. The van der Waals surface area contributed by atoms with Gasteiger partial charge in [0.05, 0.1) is 13.4 Å². The van der Waals surface area contributed by atoms with Crippen molar-refractivity contribution in [3.63, 3.8) is 0 Å². The Kier molecular flexibility index (Phi) is 3.70. The van der Waals surface area contributed by atoms with Gasteiger partial charge in [-0.2, -0.15) is 0 Å². The number of aromatic nitrogens is 1. The molecule has 0 spiro atoms. The van der Waals surface area contributed by atoms with E-state index in [0.717, 1.165) is 11.3 Å². The van der Waals surface area contributed by atoms with Crippen molar-refractivity contribution in [2.24, 2.45) is 0 Å². The molecule has 2 heterocycles. The predicted octanol–water partition coefficient (Wildman–Crippen LogP) is 4.35. The fourth-order valence-corrected chi connectivity index (χ4v) is 2.46. The SMILES string of the molecule is COc1ccc(-c2nc3ccc(NC(=O)c4ccco4)cc3o2)cc1. The molecule has 0 bridgehead atoms. The zero-order valence-electron chi connectivity index (χ0n) is 13.4. The molecule has 0 radical (unpaired) electrons. The molecule has 2 aromatic carbocycles. The molecule has 0 aliphatic carbocycles. The second-order valence-electron chi connectivity index (χ2n) is 5.36. The monoisotopic (exact) mass is 334 g/mol. The van der Waals surface area contributed by atoms with Crippen molar-refractivity contribution in [1.29, 1.82) is 0 Å². The van der Waals surface area contributed by atoms with Crippen LogP contribution in [0, 0.1) is 0 Å². The Morgan fingerprint density at radius 1 is 1.12 bits per heavy atom. The summed E-state index contributed by atoms with van der Waals surface area (Å²) in [6, 6.07) is 16.0. The number of hydrogen-bond donors (Lipinski definition) is 1. The van der Waals surface area contributed by atoms with Crippen LogP contribution in [0.15, 0.2) is 69.7 Å². The number of fused-ring (bicyclic) bond motifs is 1. The summed E-state index contributed by atoms with van der Waals surface area (Å²) < 4.78 is 16.0. The molecule has 1 N–H and O–H groups in total. The maximum Gasteiger partial charge on any atom is 0.291 e. The Labute approximate surface area is 143 Å². The Bertz CT molecular complexity index is 1020. The molecule has 0 saturated carbocycles. The summed E-state index contributed by atoms with van der Waals surface area (Å²) in [6.45, 7) is 0. The highest BCUT2D eigenvalue weighted by Gasteiger charge is 2.12. The van der Waals surface area contributed by atoms with Crippen molar-refractivity contribution in [1.82, 2.24) is 4.98 Å². The highest BCUT2D eigenvalue weighted by Crippen LogP contribution is 2.27. The summed E-state index contributed by atoms with van der Waals surface area (Å²) >= 11 is 0. The third-order valence-electron chi connectivity index (χ3n) is 3.73. The Morgan fingerprint density at radius 2 is 1.96 bits per heavy atom. The number of oxazole rings is 1. The summed E-state index contributed by atoms with van der Waals surface area (Å²) in [5.41, 5.74) is 2.74. The lowest BCUT2D eigenvalue weighted by molar-refractivity contribution is 0.0996. The normalized spacial score (nSPS) is 10.8. The van der Waals surface area contributed by atoms with Gasteiger partial charge in [-0.1, -0.05) is 0 Å². The molecule has 0 saturated heterocycles. The van der Waals surface area contributed by atoms with Crippen LogP contribution < -0.4 is 10.1 Å². The summed E-state index contributed by atoms with van der Waals surface area (Å²) in [4.78, 5) is 16.5. The average molecular weight is 334 g/mol. The van der Waals surface area contributed by atoms with Crippen LogP contribution in [-0.2, 0) is 0 Å². The fourth-order valence-electron chi connectivity index (χ4n) is 2.46. The van der Waals surface area contributed by atoms with Gasteiger partial charge in [0.1, 0.15) is 11.3 Å². The first-order chi connectivity index (χ1) is 12.2. The molecule has 4 aromatic rings. The first-order valence-corrected chi connectivity index (χ1v) is 7.63. The van der Waals surface area contributed by atoms with Crippen molar-refractivity contribution < 1.29 is 18.4 Å². The van der Waals surface area contributed by atoms with Crippen LogP contribution in [0.4, 0.5) is 5.69 Å². The lowest BCUT2D eigenvalue weighted by atomic mass is 10.2. The molecule has 2 aromatic heterocycles. The molecule has 0 aliphatic rings. The number of amides is 1. The number of methoxy groups -OCH3 is 1. The minimum atomic E-state index is -0.320. The summed E-state index contributed by atoms with van der Waals surface area (Å²) in [7, 11) is 1.62. The summed E-state index contributed by atoms with van der Waals surface area (Å²) in [6.07, 6.45) is 1.45. The first-order valence-electron chi connectivity index (χ1n) is 7.63. The standard InChI is InChI=1S/C19H14N2O4/c1-23-14-7-4-12(5-8-14)19-21-15-9-6-13(11-17(15)25-19)20-18(22)16-3-2-10-24-16/h2-11H,1H3,(H,20,22). The fraction of sp³-hybridized carbons (Fsp3) is 0.0526. The molecule has 0 aliphatic heterocycles. The summed E-state index contributed by atoms with van der Waals surface area (Å²) in [5.74, 6) is 1.20. The number of ether oxygens (including phenoxy) is 1. The largest absolute Gasteiger partial charge is 0.497 e. The highest BCUT2D eigenvalue weighted by molar-refractivity contribution is 6.03. The molecule has 1 amide bonds. The van der Waals surface area contributed by atoms with Gasteiger partial charge < -0.3 is 18.9 Å². The number of nitrogens with one attached hydrogen (secondary N) is 1. The van der Waals surface area contributed by atoms with Gasteiger partial charge in [0, 0.05) is 17.3 Å². The van der Waals surface area contributed by atoms with Crippen molar-refractivity contribution in [2.45, 2.75) is 0 Å². The quantitative estimate of drug-likeness (QED) is 0.600. The molecular weight excluding hydrogens is 320 g/mol. The second-order valence-corrected chi connectivity index (χ2v) is 5.36. The van der Waals surface area contributed by atoms with Crippen LogP contribution in [0.25, 0.3) is 22.6 Å². The Hall–Kier alpha value is -3.54. The van der Waals surface area contributed by atoms with Crippen molar-refractivity contribution >= 4 is 22.7 Å². The van der Waals surface area contributed by atoms with E-state index in [-0.39, 0.29) is 11.7 Å². The van der Waals surface area contributed by atoms with Gasteiger partial charge in [0.15, 0.2) is 11.3 Å². The number of carbonyl (C=O) groups excluding carboxylic acids is 1. The number of benzene rings is 2. The second kappa shape index (κ2) is 6.16. The van der Waals surface area contributed by atoms with Crippen molar-refractivity contribution in [3.05, 3.63) is 66.6 Å². The summed E-state index contributed by atoms with van der Waals surface area (Å²) in [5, 5.41) is 2.76. The smallest absolute Gasteiger partial charge is 0.291 e. The zero-order chi connectivity index (χ0) is 17.2. The van der Waals surface area contributed by atoms with Gasteiger partial charge in [-0.25, -0.2) is 4.98 Å². The van der Waals surface area contributed by atoms with Crippen molar-refractivity contribution in [2.75, 3.05) is 12.4 Å². The molecule has 6 heteroatoms. The van der Waals surface area contributed by atoms with E-state index < -0.39 is 0 Å². The van der Waals surface area contributed by atoms with E-state index >= 15 is 0 Å². The predicted molar refractivity (Wildman–Crippen MR) is 92.7 cm³/mol. The van der Waals surface area contributed by atoms with E-state index in [1.165, 1.54) is 6.26 Å². The van der Waals surface area contributed by atoms with Crippen LogP contribution in [0.5, 0.6) is 5.75 Å². The number of carbonyl (C=O) groups is 1. The van der Waals surface area contributed by atoms with Gasteiger partial charge in [0.2, 0.25) is 5.89 Å². The number of anilines is 1. The van der Waals surface area contributed by atoms with Gasteiger partial charge in [-0.15, -0.1) is 0 Å². The molecule has 0 fully saturated rings. The van der Waals surface area contributed by atoms with E-state index in [0.29, 0.717) is 22.7 Å². The molecule has 25 heavy (non-hydrogen) atoms. The Morgan fingerprint density at radius 3 is 2.68 bits per heavy atom. The van der Waals surface area contributed by atoms with Gasteiger partial charge in [-0.05, 0) is 48.5 Å². The minimum absolute atomic E-state index is 0.247. The first kappa shape index (κ1) is 15.0. The van der Waals surface area contributed by atoms with E-state index in [1.807, 2.05) is 24.3 Å².